The van der Waals surface area contributed by atoms with Gasteiger partial charge in [0.15, 0.2) is 0 Å². The maximum atomic E-state index is 5.11. The molecular weight excluding hydrogens is 419 g/mol. The molecule has 0 fully saturated rings. The topological polar surface area (TPSA) is 53.5 Å². The Kier molecular flexibility index (Phi) is 6.29. The van der Waals surface area contributed by atoms with Gasteiger partial charge in [0.25, 0.3) is 7.12 Å². The van der Waals surface area contributed by atoms with Crippen molar-refractivity contribution in [3.8, 4) is 0 Å². The first-order valence-corrected chi connectivity index (χ1v) is 12.5. The molecule has 187 valence electrons. The molecule has 0 spiro atoms. The van der Waals surface area contributed by atoms with Crippen molar-refractivity contribution < 1.29 is 0 Å². The zero-order valence-electron chi connectivity index (χ0n) is 24.3. The van der Waals surface area contributed by atoms with Gasteiger partial charge in [-0.3, -0.25) is 0 Å². The van der Waals surface area contributed by atoms with Crippen LogP contribution in [0.1, 0.15) is 113 Å². The zero-order valence-corrected chi connectivity index (χ0v) is 24.3. The van der Waals surface area contributed by atoms with E-state index in [0.29, 0.717) is 0 Å². The van der Waals surface area contributed by atoms with E-state index in [0.717, 1.165) is 34.2 Å². The normalized spacial score (nSPS) is 13.4. The number of aromatic nitrogens is 6. The Bertz CT molecular complexity index is 1070. The van der Waals surface area contributed by atoms with Gasteiger partial charge in [-0.2, -0.15) is 0 Å². The fourth-order valence-electron chi connectivity index (χ4n) is 6.23. The van der Waals surface area contributed by atoms with Crippen molar-refractivity contribution in [2.75, 3.05) is 0 Å². The highest BCUT2D eigenvalue weighted by Crippen LogP contribution is 2.33. The first-order valence-electron chi connectivity index (χ1n) is 12.5. The average Bonchev–Trinajstić information content (AvgIpc) is 3.19. The number of aryl methyl sites for hydroxylation is 3. The molecule has 0 unspecified atom stereocenters. The lowest BCUT2D eigenvalue weighted by Gasteiger charge is -2.35. The summed E-state index contributed by atoms with van der Waals surface area (Å²) in [5, 5.41) is 15.3. The average molecular weight is 465 g/mol. The molecule has 0 saturated heterocycles. The second kappa shape index (κ2) is 8.13. The highest BCUT2D eigenvalue weighted by atomic mass is 15.5. The molecule has 0 atom stereocenters. The molecule has 34 heavy (non-hydrogen) atoms. The lowest BCUT2D eigenvalue weighted by molar-refractivity contribution is 0.580. The molecule has 6 nitrogen and oxygen atoms in total. The Labute approximate surface area is 207 Å². The smallest absolute Gasteiger partial charge is 0.261 e. The summed E-state index contributed by atoms with van der Waals surface area (Å²) in [6.45, 7) is 33.2. The molecule has 0 aliphatic heterocycles. The second-order valence-corrected chi connectivity index (χ2v) is 13.1. The maximum Gasteiger partial charge on any atom is 0.261 e. The third-order valence-electron chi connectivity index (χ3n) is 6.88. The SMILES string of the molecule is Cc1nn([B-](n2nc(C)c(C(C)(C)C)c2C)n2nc(C)c(C(C)(C)C)c2C)c(C)c1C(C)(C)C. The molecule has 0 aliphatic rings. The Morgan fingerprint density at radius 3 is 0.794 bits per heavy atom. The van der Waals surface area contributed by atoms with E-state index in [1.165, 1.54) is 16.7 Å². The predicted molar refractivity (Wildman–Crippen MR) is 143 cm³/mol. The monoisotopic (exact) mass is 464 g/mol. The lowest BCUT2D eigenvalue weighted by Crippen LogP contribution is -2.46. The molecule has 0 N–H and O–H groups in total. The van der Waals surface area contributed by atoms with Crippen molar-refractivity contribution in [1.29, 1.82) is 0 Å². The van der Waals surface area contributed by atoms with Crippen molar-refractivity contribution in [2.45, 2.75) is 120 Å². The molecule has 7 heteroatoms. The third-order valence-corrected chi connectivity index (χ3v) is 6.88. The first kappa shape index (κ1) is 26.3. The molecule has 3 aromatic heterocycles. The molecule has 0 amide bonds. The predicted octanol–water partition coefficient (Wildman–Crippen LogP) is 5.95. The van der Waals surface area contributed by atoms with Crippen LogP contribution < -0.4 is 0 Å². The van der Waals surface area contributed by atoms with Gasteiger partial charge >= 0.3 is 0 Å². The van der Waals surface area contributed by atoms with Crippen LogP contribution in [0.15, 0.2) is 0 Å². The minimum atomic E-state index is -0.320. The Hall–Kier alpha value is -2.31. The number of rotatable bonds is 3. The second-order valence-electron chi connectivity index (χ2n) is 13.1. The highest BCUT2D eigenvalue weighted by Gasteiger charge is 2.30. The molecule has 0 aliphatic carbocycles. The Morgan fingerprint density at radius 2 is 0.647 bits per heavy atom. The van der Waals surface area contributed by atoms with E-state index in [-0.39, 0.29) is 23.4 Å². The summed E-state index contributed by atoms with van der Waals surface area (Å²) < 4.78 is 6.40. The fourth-order valence-corrected chi connectivity index (χ4v) is 6.23. The third kappa shape index (κ3) is 4.27. The molecule has 0 saturated carbocycles. The summed E-state index contributed by atoms with van der Waals surface area (Å²) in [5.41, 5.74) is 10.5. The largest absolute Gasteiger partial charge is 0.422 e. The van der Waals surface area contributed by atoms with E-state index in [1.807, 2.05) is 0 Å². The number of hydrogen-bond donors (Lipinski definition) is 0. The van der Waals surface area contributed by atoms with Gasteiger partial charge < -0.3 is 13.8 Å². The van der Waals surface area contributed by atoms with Crippen LogP contribution in [0, 0.1) is 41.5 Å². The van der Waals surface area contributed by atoms with E-state index in [9.17, 15) is 0 Å². The standard InChI is InChI=1S/C27H45BN6/c1-16-22(25(7,8)9)19(4)32(29-16)28(33-20(5)23(17(2)30-33)26(10,11)12)34-21(6)24(18(3)31-34)27(13,14)15/h1-15H3/q-1. The minimum absolute atomic E-state index is 0.00569. The Morgan fingerprint density at radius 1 is 0.441 bits per heavy atom. The van der Waals surface area contributed by atoms with Crippen LogP contribution in [0.25, 0.3) is 0 Å². The molecule has 0 bridgehead atoms. The summed E-state index contributed by atoms with van der Waals surface area (Å²) in [4.78, 5) is 0. The van der Waals surface area contributed by atoms with Crippen molar-refractivity contribution in [3.63, 3.8) is 0 Å². The van der Waals surface area contributed by atoms with E-state index >= 15 is 0 Å². The zero-order chi connectivity index (χ0) is 26.1. The fraction of sp³-hybridized carbons (Fsp3) is 0.667. The maximum absolute atomic E-state index is 5.11. The quantitative estimate of drug-likeness (QED) is 0.450. The van der Waals surface area contributed by atoms with Gasteiger partial charge in [-0.25, -0.2) is 15.3 Å². The molecule has 3 heterocycles. The summed E-state index contributed by atoms with van der Waals surface area (Å²) in [6, 6.07) is 0. The van der Waals surface area contributed by atoms with Gasteiger partial charge in [-0.05, 0) is 91.6 Å². The van der Waals surface area contributed by atoms with Gasteiger partial charge in [0, 0.05) is 0 Å². The van der Waals surface area contributed by atoms with E-state index < -0.39 is 0 Å². The van der Waals surface area contributed by atoms with Crippen molar-refractivity contribution >= 4 is 7.12 Å². The van der Waals surface area contributed by atoms with Gasteiger partial charge in [0.05, 0.1) is 17.1 Å². The summed E-state index contributed by atoms with van der Waals surface area (Å²) in [5.74, 6) is 0. The van der Waals surface area contributed by atoms with Crippen LogP contribution in [0.5, 0.6) is 0 Å². The minimum Gasteiger partial charge on any atom is -0.422 e. The van der Waals surface area contributed by atoms with Crippen LogP contribution in [0.3, 0.4) is 0 Å². The van der Waals surface area contributed by atoms with Crippen molar-refractivity contribution in [2.24, 2.45) is 0 Å². The van der Waals surface area contributed by atoms with E-state index in [4.69, 9.17) is 15.3 Å². The molecular formula is C27H45BN6-. The molecule has 3 rings (SSSR count). The summed E-state index contributed by atoms with van der Waals surface area (Å²) in [6.07, 6.45) is 0. The molecule has 0 aromatic carbocycles. The van der Waals surface area contributed by atoms with Crippen LogP contribution in [0.2, 0.25) is 0 Å². The van der Waals surface area contributed by atoms with Gasteiger partial charge in [0.1, 0.15) is 0 Å². The molecule has 3 aromatic rings. The number of hydrogen-bond acceptors (Lipinski definition) is 3. The Balaban J connectivity index is 2.43. The van der Waals surface area contributed by atoms with E-state index in [2.05, 4.69) is 118 Å². The van der Waals surface area contributed by atoms with E-state index in [1.54, 1.807) is 0 Å². The van der Waals surface area contributed by atoms with Crippen LogP contribution in [-0.4, -0.2) is 36.2 Å². The van der Waals surface area contributed by atoms with Crippen LogP contribution >= 0.6 is 0 Å². The summed E-state index contributed by atoms with van der Waals surface area (Å²) in [7, 11) is -0.320. The summed E-state index contributed by atoms with van der Waals surface area (Å²) >= 11 is 0. The highest BCUT2D eigenvalue weighted by molar-refractivity contribution is 6.53. The first-order chi connectivity index (χ1) is 15.3. The van der Waals surface area contributed by atoms with Gasteiger partial charge in [0.2, 0.25) is 0 Å². The van der Waals surface area contributed by atoms with Gasteiger partial charge in [-0.15, -0.1) is 0 Å². The number of nitrogens with zero attached hydrogens (tertiary/aromatic N) is 6. The van der Waals surface area contributed by atoms with Crippen molar-refractivity contribution in [3.05, 3.63) is 50.9 Å². The molecule has 1 radical (unpaired) electrons. The van der Waals surface area contributed by atoms with Gasteiger partial charge in [-0.1, -0.05) is 62.3 Å². The van der Waals surface area contributed by atoms with Crippen LogP contribution in [0.4, 0.5) is 0 Å². The van der Waals surface area contributed by atoms with Crippen molar-refractivity contribution in [1.82, 2.24) is 29.1 Å². The lowest BCUT2D eigenvalue weighted by atomic mass is 9.82. The van der Waals surface area contributed by atoms with Crippen LogP contribution in [-0.2, 0) is 16.2 Å².